The topological polar surface area (TPSA) is 52.6 Å². The summed E-state index contributed by atoms with van der Waals surface area (Å²) < 4.78 is 0. The van der Waals surface area contributed by atoms with Crippen molar-refractivity contribution in [3.63, 3.8) is 0 Å². The number of aliphatic hydroxyl groups is 1. The van der Waals surface area contributed by atoms with Gasteiger partial charge in [0.2, 0.25) is 5.91 Å². The van der Waals surface area contributed by atoms with Gasteiger partial charge in [0, 0.05) is 32.1 Å². The van der Waals surface area contributed by atoms with Gasteiger partial charge in [-0.05, 0) is 37.3 Å². The number of piperidine rings is 1. The van der Waals surface area contributed by atoms with Gasteiger partial charge in [0.25, 0.3) is 0 Å². The van der Waals surface area contributed by atoms with Gasteiger partial charge in [-0.1, -0.05) is 24.3 Å². The minimum absolute atomic E-state index is 0.0635. The van der Waals surface area contributed by atoms with Gasteiger partial charge >= 0.3 is 0 Å². The Balaban J connectivity index is 1.75. The van der Waals surface area contributed by atoms with Crippen molar-refractivity contribution < 1.29 is 9.90 Å². The van der Waals surface area contributed by atoms with Crippen LogP contribution in [0.2, 0.25) is 0 Å². The van der Waals surface area contributed by atoms with E-state index in [2.05, 4.69) is 12.2 Å². The molecule has 1 aromatic rings. The summed E-state index contributed by atoms with van der Waals surface area (Å²) in [6.07, 6.45) is 4.09. The molecule has 1 aromatic carbocycles. The largest absolute Gasteiger partial charge is 0.392 e. The zero-order valence-corrected chi connectivity index (χ0v) is 12.8. The molecule has 0 radical (unpaired) electrons. The first-order valence-electron chi connectivity index (χ1n) is 7.91. The molecule has 1 atom stereocenters. The van der Waals surface area contributed by atoms with Gasteiger partial charge in [-0.15, -0.1) is 0 Å². The number of rotatable bonds is 6. The van der Waals surface area contributed by atoms with Crippen LogP contribution in [0, 0.1) is 0 Å². The monoisotopic (exact) mass is 290 g/mol. The number of nitrogens with zero attached hydrogens (tertiary/aromatic N) is 1. The third-order valence-corrected chi connectivity index (χ3v) is 4.13. The van der Waals surface area contributed by atoms with Crippen LogP contribution in [-0.2, 0) is 11.4 Å². The van der Waals surface area contributed by atoms with Crippen molar-refractivity contribution >= 4 is 5.91 Å². The molecule has 1 heterocycles. The maximum absolute atomic E-state index is 12.1. The molecule has 0 bridgehead atoms. The van der Waals surface area contributed by atoms with E-state index in [9.17, 15) is 4.79 Å². The Morgan fingerprint density at radius 3 is 2.81 bits per heavy atom. The van der Waals surface area contributed by atoms with E-state index in [1.807, 2.05) is 29.2 Å². The van der Waals surface area contributed by atoms with Crippen LogP contribution >= 0.6 is 0 Å². The normalized spacial score (nSPS) is 16.8. The maximum atomic E-state index is 12.1. The van der Waals surface area contributed by atoms with E-state index < -0.39 is 0 Å². The highest BCUT2D eigenvalue weighted by Crippen LogP contribution is 2.14. The molecule has 1 aliphatic rings. The van der Waals surface area contributed by atoms with E-state index in [1.54, 1.807) is 0 Å². The highest BCUT2D eigenvalue weighted by atomic mass is 16.3. The number of carbonyl (C=O) groups excluding carboxylic acids is 1. The molecular weight excluding hydrogens is 264 g/mol. The Kier molecular flexibility index (Phi) is 6.21. The van der Waals surface area contributed by atoms with E-state index in [1.165, 1.54) is 6.42 Å². The smallest absolute Gasteiger partial charge is 0.223 e. The standard InChI is InChI=1S/C17H26N2O2/c1-14(16-7-5-6-15(12-16)13-20)18-9-8-17(21)19-10-3-2-4-11-19/h5-7,12,14,18,20H,2-4,8-11,13H2,1H3. The minimum Gasteiger partial charge on any atom is -0.392 e. The molecule has 116 valence electrons. The van der Waals surface area contributed by atoms with Crippen LogP contribution in [0.1, 0.15) is 49.8 Å². The number of hydrogen-bond acceptors (Lipinski definition) is 3. The van der Waals surface area contributed by atoms with Crippen molar-refractivity contribution in [1.29, 1.82) is 0 Å². The van der Waals surface area contributed by atoms with E-state index in [4.69, 9.17) is 5.11 Å². The summed E-state index contributed by atoms with van der Waals surface area (Å²) in [4.78, 5) is 14.1. The number of aliphatic hydroxyl groups excluding tert-OH is 1. The number of likely N-dealkylation sites (tertiary alicyclic amines) is 1. The Morgan fingerprint density at radius 1 is 1.33 bits per heavy atom. The average Bonchev–Trinajstić information content (AvgIpc) is 2.55. The number of amides is 1. The average molecular weight is 290 g/mol. The second kappa shape index (κ2) is 8.15. The quantitative estimate of drug-likeness (QED) is 0.845. The van der Waals surface area contributed by atoms with Gasteiger partial charge in [-0.3, -0.25) is 4.79 Å². The lowest BCUT2D eigenvalue weighted by Crippen LogP contribution is -2.37. The second-order valence-corrected chi connectivity index (χ2v) is 5.77. The number of hydrogen-bond donors (Lipinski definition) is 2. The fourth-order valence-corrected chi connectivity index (χ4v) is 2.78. The van der Waals surface area contributed by atoms with Gasteiger partial charge in [-0.25, -0.2) is 0 Å². The highest BCUT2D eigenvalue weighted by molar-refractivity contribution is 5.76. The minimum atomic E-state index is 0.0635. The molecule has 1 fully saturated rings. The Bertz CT molecular complexity index is 456. The van der Waals surface area contributed by atoms with Crippen LogP contribution < -0.4 is 5.32 Å². The number of carbonyl (C=O) groups is 1. The van der Waals surface area contributed by atoms with Crippen LogP contribution in [0.4, 0.5) is 0 Å². The zero-order valence-electron chi connectivity index (χ0n) is 12.8. The Morgan fingerprint density at radius 2 is 2.10 bits per heavy atom. The first kappa shape index (κ1) is 16.0. The molecule has 21 heavy (non-hydrogen) atoms. The fourth-order valence-electron chi connectivity index (χ4n) is 2.78. The fraction of sp³-hybridized carbons (Fsp3) is 0.588. The SMILES string of the molecule is CC(NCCC(=O)N1CCCCC1)c1cccc(CO)c1. The van der Waals surface area contributed by atoms with Gasteiger partial charge in [0.05, 0.1) is 6.61 Å². The maximum Gasteiger partial charge on any atom is 0.223 e. The van der Waals surface area contributed by atoms with Gasteiger partial charge in [0.1, 0.15) is 0 Å². The lowest BCUT2D eigenvalue weighted by atomic mass is 10.1. The number of benzene rings is 1. The van der Waals surface area contributed by atoms with Crippen LogP contribution in [0.25, 0.3) is 0 Å². The molecule has 4 nitrogen and oxygen atoms in total. The van der Waals surface area contributed by atoms with Crippen molar-refractivity contribution in [3.05, 3.63) is 35.4 Å². The van der Waals surface area contributed by atoms with Crippen molar-refractivity contribution in [3.8, 4) is 0 Å². The highest BCUT2D eigenvalue weighted by Gasteiger charge is 2.16. The summed E-state index contributed by atoms with van der Waals surface area (Å²) in [5, 5.41) is 12.6. The molecule has 4 heteroatoms. The van der Waals surface area contributed by atoms with Crippen LogP contribution in [0.5, 0.6) is 0 Å². The van der Waals surface area contributed by atoms with Crippen molar-refractivity contribution in [2.75, 3.05) is 19.6 Å². The summed E-state index contributed by atoms with van der Waals surface area (Å²) in [6.45, 7) is 4.69. The van der Waals surface area contributed by atoms with Crippen molar-refractivity contribution in [2.24, 2.45) is 0 Å². The van der Waals surface area contributed by atoms with Crippen LogP contribution in [0.15, 0.2) is 24.3 Å². The van der Waals surface area contributed by atoms with Crippen LogP contribution in [0.3, 0.4) is 0 Å². The third-order valence-electron chi connectivity index (χ3n) is 4.13. The van der Waals surface area contributed by atoms with E-state index in [-0.39, 0.29) is 18.6 Å². The predicted molar refractivity (Wildman–Crippen MR) is 83.8 cm³/mol. The van der Waals surface area contributed by atoms with Crippen molar-refractivity contribution in [1.82, 2.24) is 10.2 Å². The zero-order chi connectivity index (χ0) is 15.1. The summed E-state index contributed by atoms with van der Waals surface area (Å²) in [5.74, 6) is 0.263. The summed E-state index contributed by atoms with van der Waals surface area (Å²) in [7, 11) is 0. The summed E-state index contributed by atoms with van der Waals surface area (Å²) >= 11 is 0. The van der Waals surface area contributed by atoms with Gasteiger partial charge < -0.3 is 15.3 Å². The third kappa shape index (κ3) is 4.83. The van der Waals surface area contributed by atoms with Gasteiger partial charge in [-0.2, -0.15) is 0 Å². The molecule has 0 aliphatic carbocycles. The molecule has 2 N–H and O–H groups in total. The molecule has 0 spiro atoms. The Labute approximate surface area is 127 Å². The van der Waals surface area contributed by atoms with Crippen LogP contribution in [-0.4, -0.2) is 35.5 Å². The van der Waals surface area contributed by atoms with Crippen molar-refractivity contribution in [2.45, 2.75) is 45.3 Å². The molecule has 0 saturated carbocycles. The van der Waals surface area contributed by atoms with E-state index in [0.717, 1.165) is 37.1 Å². The lowest BCUT2D eigenvalue weighted by molar-refractivity contribution is -0.132. The predicted octanol–water partition coefficient (Wildman–Crippen LogP) is 2.23. The molecule has 1 aliphatic heterocycles. The molecule has 1 amide bonds. The lowest BCUT2D eigenvalue weighted by Gasteiger charge is -2.27. The van der Waals surface area contributed by atoms with E-state index in [0.29, 0.717) is 13.0 Å². The van der Waals surface area contributed by atoms with E-state index >= 15 is 0 Å². The number of nitrogens with one attached hydrogen (secondary N) is 1. The first-order valence-corrected chi connectivity index (χ1v) is 7.91. The first-order chi connectivity index (χ1) is 10.2. The van der Waals surface area contributed by atoms with Gasteiger partial charge in [0.15, 0.2) is 0 Å². The molecule has 0 aromatic heterocycles. The molecule has 2 rings (SSSR count). The Hall–Kier alpha value is -1.39. The molecule has 1 unspecified atom stereocenters. The summed E-state index contributed by atoms with van der Waals surface area (Å²) in [5.41, 5.74) is 2.07. The molecule has 1 saturated heterocycles. The second-order valence-electron chi connectivity index (χ2n) is 5.77. The summed E-state index contributed by atoms with van der Waals surface area (Å²) in [6, 6.07) is 8.10. The molecular formula is C17H26N2O2.